The van der Waals surface area contributed by atoms with E-state index in [4.69, 9.17) is 22.2 Å². The van der Waals surface area contributed by atoms with Gasteiger partial charge in [0.1, 0.15) is 0 Å². The van der Waals surface area contributed by atoms with Crippen LogP contribution in [0.3, 0.4) is 0 Å². The topological polar surface area (TPSA) is 0 Å². The van der Waals surface area contributed by atoms with Crippen molar-refractivity contribution in [1.82, 2.24) is 0 Å². The van der Waals surface area contributed by atoms with Crippen molar-refractivity contribution in [3.8, 4) is 0 Å². The first-order valence-electron chi connectivity index (χ1n) is 3.27. The average molecular weight is 203 g/mol. The number of benzene rings is 3. The van der Waals surface area contributed by atoms with Crippen LogP contribution in [0.1, 0.15) is 0 Å². The predicted octanol–water partition coefficient (Wildman–Crippen LogP) is 2.74. The van der Waals surface area contributed by atoms with E-state index in [2.05, 4.69) is 36.4 Å². The molecular weight excluding hydrogens is 195 g/mol. The highest BCUT2D eigenvalue weighted by Crippen LogP contribution is 2.09. The first-order chi connectivity index (χ1) is 5.36. The molecule has 0 N–H and O–H groups in total. The molecule has 0 aliphatic carbocycles. The molecule has 58 valence electrons. The van der Waals surface area contributed by atoms with Gasteiger partial charge in [-0.25, -0.2) is 0 Å². The van der Waals surface area contributed by atoms with Crippen LogP contribution in [-0.2, 0) is 0 Å². The fraction of sp³-hybridized carbons (Fsp3) is 0. The normalized spacial score (nSPS) is 9.27. The number of rotatable bonds is 0. The molecule has 0 nitrogen and oxygen atoms in total. The molecule has 3 aromatic rings. The van der Waals surface area contributed by atoms with Crippen LogP contribution in [0.15, 0.2) is 36.4 Å². The summed E-state index contributed by atoms with van der Waals surface area (Å²) in [5.74, 6) is 0. The molecule has 0 fully saturated rings. The van der Waals surface area contributed by atoms with Gasteiger partial charge in [0, 0.05) is 0 Å². The largest absolute Gasteiger partial charge is 0.222 e. The zero-order valence-corrected chi connectivity index (χ0v) is 8.85. The summed E-state index contributed by atoms with van der Waals surface area (Å²) in [5, 5.41) is 2.61. The molecule has 0 aliphatic rings. The Balaban J connectivity index is 0.000000179. The molecule has 0 atom stereocenters. The van der Waals surface area contributed by atoms with E-state index in [1.54, 1.807) is 0 Å². The maximum absolute atomic E-state index is 4.90. The van der Waals surface area contributed by atoms with E-state index in [0.29, 0.717) is 0 Å². The third kappa shape index (κ3) is 2.70. The smallest absolute Gasteiger partial charge is 0.155 e. The molecule has 0 aliphatic heterocycles. The Bertz CT molecular complexity index is 220. The van der Waals surface area contributed by atoms with E-state index in [9.17, 15) is 0 Å². The lowest BCUT2D eigenvalue weighted by Gasteiger charge is -1.92. The lowest BCUT2D eigenvalue weighted by atomic mass is 10.1. The Labute approximate surface area is 77.7 Å². The van der Waals surface area contributed by atoms with E-state index in [0.717, 1.165) is 0 Å². The summed E-state index contributed by atoms with van der Waals surface area (Å²) < 4.78 is 0. The Kier molecular flexibility index (Phi) is 3.70. The summed E-state index contributed by atoms with van der Waals surface area (Å²) in [6, 6.07) is 12.7. The fourth-order valence-electron chi connectivity index (χ4n) is 0.911. The van der Waals surface area contributed by atoms with Gasteiger partial charge in [0.05, 0.1) is 0 Å². The molecule has 0 spiro atoms. The molecule has 0 unspecified atom stereocenters. The zero-order chi connectivity index (χ0) is 8.10. The molecule has 2 bridgehead atoms. The van der Waals surface area contributed by atoms with Crippen LogP contribution in [0.4, 0.5) is 0 Å². The second kappa shape index (κ2) is 4.60. The number of hydrogen-bond acceptors (Lipinski definition) is 0. The Hall–Kier alpha value is -0.243. The van der Waals surface area contributed by atoms with Crippen molar-refractivity contribution in [3.63, 3.8) is 0 Å². The molecule has 3 aromatic carbocycles. The van der Waals surface area contributed by atoms with Crippen molar-refractivity contribution in [2.45, 2.75) is 0 Å². The molecule has 0 aromatic heterocycles. The first kappa shape index (κ1) is 8.85. The quantitative estimate of drug-likeness (QED) is 0.456. The number of halogens is 2. The highest BCUT2D eigenvalue weighted by atomic mass is 35.7. The summed E-state index contributed by atoms with van der Waals surface area (Å²) in [6.45, 7) is 0. The van der Waals surface area contributed by atoms with Gasteiger partial charge >= 0.3 is 0 Å². The van der Waals surface area contributed by atoms with Crippen LogP contribution in [-0.4, -0.2) is 8.14 Å². The molecule has 0 saturated heterocycles. The summed E-state index contributed by atoms with van der Waals surface area (Å²) in [7, 11) is -0.639. The molecule has 3 rings (SSSR count). The van der Waals surface area contributed by atoms with Gasteiger partial charge in [-0.1, -0.05) is 36.4 Å². The van der Waals surface area contributed by atoms with Gasteiger partial charge in [0.2, 0.25) is 8.14 Å². The monoisotopic (exact) mass is 202 g/mol. The predicted molar refractivity (Wildman–Crippen MR) is 55.4 cm³/mol. The highest BCUT2D eigenvalue weighted by molar-refractivity contribution is 7.22. The van der Waals surface area contributed by atoms with Gasteiger partial charge in [-0.05, 0) is 10.8 Å². The third-order valence-electron chi connectivity index (χ3n) is 1.40. The minimum atomic E-state index is -0.639. The molecule has 0 radical (unpaired) electrons. The zero-order valence-electron chi connectivity index (χ0n) is 5.93. The van der Waals surface area contributed by atoms with Crippen molar-refractivity contribution in [3.05, 3.63) is 36.4 Å². The minimum absolute atomic E-state index is 0.639. The first-order valence-corrected chi connectivity index (χ1v) is 7.54. The van der Waals surface area contributed by atoms with Crippen molar-refractivity contribution < 1.29 is 0 Å². The number of hydrogen-bond donors (Lipinski definition) is 0. The van der Waals surface area contributed by atoms with Gasteiger partial charge in [-0.3, -0.25) is 0 Å². The molecule has 0 heterocycles. The van der Waals surface area contributed by atoms with E-state index in [1.807, 2.05) is 0 Å². The van der Waals surface area contributed by atoms with Crippen LogP contribution >= 0.6 is 22.2 Å². The van der Waals surface area contributed by atoms with Crippen LogP contribution in [0.5, 0.6) is 0 Å². The summed E-state index contributed by atoms with van der Waals surface area (Å²) >= 11 is 9.81. The fourth-order valence-corrected chi connectivity index (χ4v) is 0.911. The summed E-state index contributed by atoms with van der Waals surface area (Å²) in [4.78, 5) is 0. The van der Waals surface area contributed by atoms with Crippen molar-refractivity contribution in [1.29, 1.82) is 0 Å². The minimum Gasteiger partial charge on any atom is -0.155 e. The van der Waals surface area contributed by atoms with Crippen LogP contribution in [0.25, 0.3) is 10.8 Å². The summed E-state index contributed by atoms with van der Waals surface area (Å²) in [5.41, 5.74) is 0. The van der Waals surface area contributed by atoms with E-state index >= 15 is 0 Å². The van der Waals surface area contributed by atoms with Crippen LogP contribution in [0, 0.1) is 0 Å². The van der Waals surface area contributed by atoms with Gasteiger partial charge in [0.25, 0.3) is 0 Å². The Morgan fingerprint density at radius 2 is 0.909 bits per heavy atom. The third-order valence-corrected chi connectivity index (χ3v) is 1.40. The molecule has 0 saturated carbocycles. The highest BCUT2D eigenvalue weighted by Gasteiger charge is 1.84. The van der Waals surface area contributed by atoms with Gasteiger partial charge in [-0.2, -0.15) is 22.2 Å². The van der Waals surface area contributed by atoms with Crippen molar-refractivity contribution in [2.75, 3.05) is 0 Å². The van der Waals surface area contributed by atoms with Gasteiger partial charge in [0.15, 0.2) is 0 Å². The van der Waals surface area contributed by atoms with Crippen LogP contribution < -0.4 is 0 Å². The SMILES string of the molecule is Cl[SiH2]Cl.c1cc2ccc1cc2. The maximum atomic E-state index is 4.90. The summed E-state index contributed by atoms with van der Waals surface area (Å²) in [6.07, 6.45) is 0. The van der Waals surface area contributed by atoms with E-state index in [-0.39, 0.29) is 0 Å². The van der Waals surface area contributed by atoms with Gasteiger partial charge in [-0.15, -0.1) is 0 Å². The second-order valence-corrected chi connectivity index (χ2v) is 4.73. The maximum Gasteiger partial charge on any atom is 0.222 e. The second-order valence-electron chi connectivity index (χ2n) is 2.10. The van der Waals surface area contributed by atoms with Crippen molar-refractivity contribution >= 4 is 41.1 Å². The molecule has 0 amide bonds. The lowest BCUT2D eigenvalue weighted by molar-refractivity contribution is 1.76. The molecule has 11 heavy (non-hydrogen) atoms. The standard InChI is InChI=1S/C8H6.Cl2H2Si/c1-2-8-5-3-7(1)4-6-8;1-3-2/h1-6H;3H2. The molecular formula is C8H8Cl2Si. The van der Waals surface area contributed by atoms with Gasteiger partial charge < -0.3 is 0 Å². The number of fused-ring (bicyclic) bond motifs is 3. The van der Waals surface area contributed by atoms with E-state index in [1.165, 1.54) is 10.8 Å². The average Bonchev–Trinajstić information content (AvgIpc) is 2.09. The Morgan fingerprint density at radius 3 is 1.00 bits per heavy atom. The van der Waals surface area contributed by atoms with E-state index < -0.39 is 8.14 Å². The molecule has 3 heteroatoms. The Morgan fingerprint density at radius 1 is 0.727 bits per heavy atom. The lowest BCUT2D eigenvalue weighted by Crippen LogP contribution is -1.67. The van der Waals surface area contributed by atoms with Crippen LogP contribution in [0.2, 0.25) is 0 Å². The van der Waals surface area contributed by atoms with Crippen molar-refractivity contribution in [2.24, 2.45) is 0 Å².